The van der Waals surface area contributed by atoms with Crippen LogP contribution in [0, 0.1) is 13.8 Å². The molecule has 9 heteroatoms. The fourth-order valence-corrected chi connectivity index (χ4v) is 5.03. The van der Waals surface area contributed by atoms with Gasteiger partial charge in [-0.25, -0.2) is 8.42 Å². The molecule has 1 aromatic rings. The van der Waals surface area contributed by atoms with E-state index in [9.17, 15) is 13.2 Å². The summed E-state index contributed by atoms with van der Waals surface area (Å²) < 4.78 is 22.9. The first-order valence-electron chi connectivity index (χ1n) is 9.86. The predicted molar refractivity (Wildman–Crippen MR) is 129 cm³/mol. The van der Waals surface area contributed by atoms with Crippen LogP contribution in [-0.4, -0.2) is 57.5 Å². The molecule has 1 atom stereocenters. The zero-order chi connectivity index (χ0) is 20.6. The highest BCUT2D eigenvalue weighted by Gasteiger charge is 2.28. The lowest BCUT2D eigenvalue weighted by molar-refractivity contribution is -0.121. The summed E-state index contributed by atoms with van der Waals surface area (Å²) in [6.45, 7) is 8.03. The third-order valence-corrected chi connectivity index (χ3v) is 6.31. The molecule has 0 spiro atoms. The average Bonchev–Trinajstić information content (AvgIpc) is 2.92. The SMILES string of the molecule is CCNC(=NCCC(=O)NC1CCS(=O)(=O)C1)NCCc1cc(C)cc(C)c1.I. The normalized spacial score (nSPS) is 18.0. The monoisotopic (exact) mass is 536 g/mol. The lowest BCUT2D eigenvalue weighted by atomic mass is 10.1. The predicted octanol–water partition coefficient (Wildman–Crippen LogP) is 1.71. The van der Waals surface area contributed by atoms with Crippen molar-refractivity contribution in [1.29, 1.82) is 0 Å². The Balaban J connectivity index is 0.00000420. The van der Waals surface area contributed by atoms with Gasteiger partial charge in [0.15, 0.2) is 15.8 Å². The lowest BCUT2D eigenvalue weighted by Gasteiger charge is -2.13. The zero-order valence-corrected chi connectivity index (χ0v) is 20.6. The largest absolute Gasteiger partial charge is 0.357 e. The maximum atomic E-state index is 12.0. The molecule has 1 heterocycles. The van der Waals surface area contributed by atoms with E-state index in [-0.39, 0.29) is 53.9 Å². The van der Waals surface area contributed by atoms with Crippen molar-refractivity contribution in [2.24, 2.45) is 4.99 Å². The number of halogens is 1. The Morgan fingerprint density at radius 1 is 1.17 bits per heavy atom. The van der Waals surface area contributed by atoms with Crippen LogP contribution in [0.3, 0.4) is 0 Å². The summed E-state index contributed by atoms with van der Waals surface area (Å²) in [6, 6.07) is 6.28. The van der Waals surface area contributed by atoms with Crippen LogP contribution in [0.2, 0.25) is 0 Å². The van der Waals surface area contributed by atoms with E-state index in [1.165, 1.54) is 16.7 Å². The second kappa shape index (κ2) is 12.4. The Morgan fingerprint density at radius 3 is 2.45 bits per heavy atom. The van der Waals surface area contributed by atoms with E-state index in [1.54, 1.807) is 0 Å². The van der Waals surface area contributed by atoms with Crippen LogP contribution < -0.4 is 16.0 Å². The van der Waals surface area contributed by atoms with E-state index in [0.717, 1.165) is 19.5 Å². The number of amides is 1. The number of sulfone groups is 1. The number of carbonyl (C=O) groups excluding carboxylic acids is 1. The van der Waals surface area contributed by atoms with Crippen molar-refractivity contribution in [2.75, 3.05) is 31.1 Å². The van der Waals surface area contributed by atoms with Gasteiger partial charge in [0.2, 0.25) is 5.91 Å². The minimum Gasteiger partial charge on any atom is -0.357 e. The first-order chi connectivity index (χ1) is 13.3. The summed E-state index contributed by atoms with van der Waals surface area (Å²) in [7, 11) is -2.98. The van der Waals surface area contributed by atoms with E-state index >= 15 is 0 Å². The Kier molecular flexibility index (Phi) is 10.9. The molecule has 29 heavy (non-hydrogen) atoms. The van der Waals surface area contributed by atoms with Crippen molar-refractivity contribution in [1.82, 2.24) is 16.0 Å². The van der Waals surface area contributed by atoms with Gasteiger partial charge in [-0.3, -0.25) is 9.79 Å². The number of nitrogens with zero attached hydrogens (tertiary/aromatic N) is 1. The van der Waals surface area contributed by atoms with Crippen LogP contribution >= 0.6 is 24.0 Å². The molecule has 1 aromatic carbocycles. The summed E-state index contributed by atoms with van der Waals surface area (Å²) in [5, 5.41) is 9.26. The number of aliphatic imine (C=N–C) groups is 1. The van der Waals surface area contributed by atoms with Crippen molar-refractivity contribution < 1.29 is 13.2 Å². The van der Waals surface area contributed by atoms with E-state index in [4.69, 9.17) is 0 Å². The highest BCUT2D eigenvalue weighted by atomic mass is 127. The summed E-state index contributed by atoms with van der Waals surface area (Å²) in [4.78, 5) is 16.4. The zero-order valence-electron chi connectivity index (χ0n) is 17.5. The first kappa shape index (κ1) is 25.7. The van der Waals surface area contributed by atoms with E-state index in [1.807, 2.05) is 6.92 Å². The molecule has 3 N–H and O–H groups in total. The number of rotatable bonds is 8. The number of hydrogen-bond donors (Lipinski definition) is 3. The molecule has 2 rings (SSSR count). The van der Waals surface area contributed by atoms with Gasteiger partial charge in [-0.15, -0.1) is 24.0 Å². The second-order valence-electron chi connectivity index (χ2n) is 7.35. The van der Waals surface area contributed by atoms with E-state index in [0.29, 0.717) is 18.9 Å². The van der Waals surface area contributed by atoms with Crippen LogP contribution in [0.1, 0.15) is 36.5 Å². The quantitative estimate of drug-likeness (QED) is 0.267. The van der Waals surface area contributed by atoms with Crippen LogP contribution in [-0.2, 0) is 21.1 Å². The van der Waals surface area contributed by atoms with E-state index < -0.39 is 9.84 Å². The van der Waals surface area contributed by atoms with Gasteiger partial charge in [-0.05, 0) is 39.2 Å². The Hall–Kier alpha value is -1.36. The number of aryl methyl sites for hydroxylation is 2. The standard InChI is InChI=1S/C20H32N4O3S.HI/c1-4-21-20(22-8-5-17-12-15(2)11-16(3)13-17)23-9-6-19(25)24-18-7-10-28(26,27)14-18;/h11-13,18H,4-10,14H2,1-3H3,(H,24,25)(H2,21,22,23);1H. The summed E-state index contributed by atoms with van der Waals surface area (Å²) in [5.74, 6) is 0.732. The van der Waals surface area contributed by atoms with Crippen molar-refractivity contribution in [3.63, 3.8) is 0 Å². The van der Waals surface area contributed by atoms with Gasteiger partial charge in [-0.2, -0.15) is 0 Å². The maximum absolute atomic E-state index is 12.0. The van der Waals surface area contributed by atoms with Gasteiger partial charge in [0.25, 0.3) is 0 Å². The minimum atomic E-state index is -2.98. The number of benzene rings is 1. The van der Waals surface area contributed by atoms with E-state index in [2.05, 4.69) is 53.0 Å². The molecule has 0 saturated carbocycles. The topological polar surface area (TPSA) is 99.7 Å². The highest BCUT2D eigenvalue weighted by Crippen LogP contribution is 2.11. The molecule has 1 saturated heterocycles. The van der Waals surface area contributed by atoms with Crippen molar-refractivity contribution in [2.45, 2.75) is 46.1 Å². The van der Waals surface area contributed by atoms with Crippen molar-refractivity contribution in [3.05, 3.63) is 34.9 Å². The number of hydrogen-bond acceptors (Lipinski definition) is 4. The van der Waals surface area contributed by atoms with Gasteiger partial charge in [-0.1, -0.05) is 29.3 Å². The molecular formula is C20H33IN4O3S. The number of carbonyl (C=O) groups is 1. The molecule has 1 unspecified atom stereocenters. The minimum absolute atomic E-state index is 0. The Morgan fingerprint density at radius 2 is 1.86 bits per heavy atom. The summed E-state index contributed by atoms with van der Waals surface area (Å²) in [6.07, 6.45) is 1.63. The molecule has 0 radical (unpaired) electrons. The second-order valence-corrected chi connectivity index (χ2v) is 9.58. The molecule has 1 aliphatic heterocycles. The molecule has 7 nitrogen and oxygen atoms in total. The molecule has 1 fully saturated rings. The van der Waals surface area contributed by atoms with Gasteiger partial charge < -0.3 is 16.0 Å². The van der Waals surface area contributed by atoms with Crippen molar-refractivity contribution in [3.8, 4) is 0 Å². The summed E-state index contributed by atoms with van der Waals surface area (Å²) >= 11 is 0. The third-order valence-electron chi connectivity index (χ3n) is 4.54. The average molecular weight is 536 g/mol. The Bertz CT molecular complexity index is 792. The van der Waals surface area contributed by atoms with Crippen molar-refractivity contribution >= 4 is 45.7 Å². The maximum Gasteiger partial charge on any atom is 0.222 e. The van der Waals surface area contributed by atoms with Crippen LogP contribution in [0.4, 0.5) is 0 Å². The lowest BCUT2D eigenvalue weighted by Crippen LogP contribution is -2.39. The van der Waals surface area contributed by atoms with Gasteiger partial charge in [0.1, 0.15) is 0 Å². The van der Waals surface area contributed by atoms with Gasteiger partial charge >= 0.3 is 0 Å². The van der Waals surface area contributed by atoms with Gasteiger partial charge in [0, 0.05) is 25.6 Å². The Labute approximate surface area is 191 Å². The summed E-state index contributed by atoms with van der Waals surface area (Å²) in [5.41, 5.74) is 3.81. The molecule has 0 aliphatic carbocycles. The number of guanidine groups is 1. The third kappa shape index (κ3) is 9.79. The van der Waals surface area contributed by atoms with Crippen LogP contribution in [0.5, 0.6) is 0 Å². The first-order valence-corrected chi connectivity index (χ1v) is 11.7. The molecule has 1 aliphatic rings. The fourth-order valence-electron chi connectivity index (χ4n) is 3.36. The highest BCUT2D eigenvalue weighted by molar-refractivity contribution is 14.0. The fraction of sp³-hybridized carbons (Fsp3) is 0.600. The van der Waals surface area contributed by atoms with Crippen LogP contribution in [0.15, 0.2) is 23.2 Å². The smallest absolute Gasteiger partial charge is 0.222 e. The molecule has 1 amide bonds. The molecule has 0 aromatic heterocycles. The number of nitrogens with one attached hydrogen (secondary N) is 3. The molecule has 0 bridgehead atoms. The van der Waals surface area contributed by atoms with Crippen LogP contribution in [0.25, 0.3) is 0 Å². The molecular weight excluding hydrogens is 503 g/mol. The van der Waals surface area contributed by atoms with Gasteiger partial charge in [0.05, 0.1) is 18.1 Å². The molecule has 164 valence electrons.